The number of likely N-dealkylation sites (tertiary alicyclic amines) is 1. The maximum Gasteiger partial charge on any atom is 0.123 e. The number of nitrogens with zero attached hydrogens (tertiary/aromatic N) is 1. The average molecular weight is 237 g/mol. The van der Waals surface area contributed by atoms with Gasteiger partial charge in [0.25, 0.3) is 0 Å². The molecule has 1 fully saturated rings. The summed E-state index contributed by atoms with van der Waals surface area (Å²) < 4.78 is 18.4. The number of halogens is 1. The van der Waals surface area contributed by atoms with E-state index in [4.69, 9.17) is 4.74 Å². The molecular weight excluding hydrogens is 217 g/mol. The molecule has 0 aliphatic carbocycles. The van der Waals surface area contributed by atoms with Gasteiger partial charge in [-0.25, -0.2) is 4.39 Å². The van der Waals surface area contributed by atoms with E-state index in [-0.39, 0.29) is 5.82 Å². The molecule has 0 bridgehead atoms. The molecule has 94 valence electrons. The highest BCUT2D eigenvalue weighted by atomic mass is 19.1. The minimum Gasteiger partial charge on any atom is -0.383 e. The van der Waals surface area contributed by atoms with Gasteiger partial charge in [-0.3, -0.25) is 0 Å². The zero-order chi connectivity index (χ0) is 12.3. The quantitative estimate of drug-likeness (QED) is 0.798. The van der Waals surface area contributed by atoms with Crippen LogP contribution in [0.4, 0.5) is 4.39 Å². The smallest absolute Gasteiger partial charge is 0.123 e. The van der Waals surface area contributed by atoms with Gasteiger partial charge in [0.1, 0.15) is 5.82 Å². The summed E-state index contributed by atoms with van der Waals surface area (Å²) in [5.41, 5.74) is 2.37. The largest absolute Gasteiger partial charge is 0.383 e. The lowest BCUT2D eigenvalue weighted by Crippen LogP contribution is -2.24. The van der Waals surface area contributed by atoms with Gasteiger partial charge in [-0.2, -0.15) is 0 Å². The maximum atomic E-state index is 13.3. The molecule has 1 aliphatic heterocycles. The van der Waals surface area contributed by atoms with Gasteiger partial charge in [-0.05, 0) is 49.1 Å². The standard InChI is InChI=1S/C14H20FNO/c1-11-3-4-13(15)9-14(11)12-5-6-16(10-12)7-8-17-2/h3-4,9,12H,5-8,10H2,1-2H3/t12-/m0/s1. The van der Waals surface area contributed by atoms with E-state index in [1.807, 2.05) is 6.07 Å². The van der Waals surface area contributed by atoms with E-state index in [0.29, 0.717) is 5.92 Å². The van der Waals surface area contributed by atoms with Crippen LogP contribution in [-0.4, -0.2) is 38.3 Å². The zero-order valence-corrected chi connectivity index (χ0v) is 10.6. The first-order valence-corrected chi connectivity index (χ1v) is 6.18. The molecule has 0 radical (unpaired) electrons. The van der Waals surface area contributed by atoms with Gasteiger partial charge in [0.2, 0.25) is 0 Å². The second-order valence-corrected chi connectivity index (χ2v) is 4.78. The molecule has 0 aromatic heterocycles. The Morgan fingerprint density at radius 1 is 1.47 bits per heavy atom. The van der Waals surface area contributed by atoms with E-state index in [2.05, 4.69) is 11.8 Å². The number of aryl methyl sites for hydroxylation is 1. The Morgan fingerprint density at radius 2 is 2.29 bits per heavy atom. The van der Waals surface area contributed by atoms with Crippen molar-refractivity contribution in [2.45, 2.75) is 19.3 Å². The molecule has 2 nitrogen and oxygen atoms in total. The molecule has 2 rings (SSSR count). The van der Waals surface area contributed by atoms with E-state index in [0.717, 1.165) is 32.7 Å². The number of methoxy groups -OCH3 is 1. The number of ether oxygens (including phenoxy) is 1. The third-order valence-electron chi connectivity index (χ3n) is 3.57. The predicted octanol–water partition coefficient (Wildman–Crippen LogP) is 2.57. The summed E-state index contributed by atoms with van der Waals surface area (Å²) in [5, 5.41) is 0. The Balaban J connectivity index is 2.02. The molecule has 1 aromatic carbocycles. The second kappa shape index (κ2) is 5.61. The first kappa shape index (κ1) is 12.5. The molecular formula is C14H20FNO. The molecule has 3 heteroatoms. The molecule has 1 aliphatic rings. The van der Waals surface area contributed by atoms with Crippen LogP contribution in [0.2, 0.25) is 0 Å². The van der Waals surface area contributed by atoms with Crippen LogP contribution in [0.15, 0.2) is 18.2 Å². The second-order valence-electron chi connectivity index (χ2n) is 4.78. The zero-order valence-electron chi connectivity index (χ0n) is 10.6. The molecule has 17 heavy (non-hydrogen) atoms. The SMILES string of the molecule is COCCN1CC[C@H](c2cc(F)ccc2C)C1. The van der Waals surface area contributed by atoms with Crippen molar-refractivity contribution in [1.29, 1.82) is 0 Å². The summed E-state index contributed by atoms with van der Waals surface area (Å²) >= 11 is 0. The van der Waals surface area contributed by atoms with E-state index < -0.39 is 0 Å². The Morgan fingerprint density at radius 3 is 3.06 bits per heavy atom. The molecule has 0 amide bonds. The lowest BCUT2D eigenvalue weighted by atomic mass is 9.94. The summed E-state index contributed by atoms with van der Waals surface area (Å²) in [6.07, 6.45) is 1.12. The molecule has 0 N–H and O–H groups in total. The molecule has 0 unspecified atom stereocenters. The van der Waals surface area contributed by atoms with Crippen molar-refractivity contribution in [3.8, 4) is 0 Å². The topological polar surface area (TPSA) is 12.5 Å². The summed E-state index contributed by atoms with van der Waals surface area (Å²) in [6.45, 7) is 5.92. The van der Waals surface area contributed by atoms with Crippen LogP contribution in [0, 0.1) is 12.7 Å². The van der Waals surface area contributed by atoms with Crippen LogP contribution in [0.25, 0.3) is 0 Å². The lowest BCUT2D eigenvalue weighted by Gasteiger charge is -2.16. The van der Waals surface area contributed by atoms with Gasteiger partial charge in [0, 0.05) is 20.2 Å². The molecule has 1 aromatic rings. The summed E-state index contributed by atoms with van der Waals surface area (Å²) in [7, 11) is 1.73. The van der Waals surface area contributed by atoms with Gasteiger partial charge in [0.05, 0.1) is 6.61 Å². The third-order valence-corrected chi connectivity index (χ3v) is 3.57. The molecule has 1 saturated heterocycles. The van der Waals surface area contributed by atoms with Crippen molar-refractivity contribution < 1.29 is 9.13 Å². The van der Waals surface area contributed by atoms with Gasteiger partial charge >= 0.3 is 0 Å². The average Bonchev–Trinajstić information content (AvgIpc) is 2.78. The van der Waals surface area contributed by atoms with E-state index in [1.54, 1.807) is 13.2 Å². The first-order chi connectivity index (χ1) is 8.20. The Hall–Kier alpha value is -0.930. The van der Waals surface area contributed by atoms with Gasteiger partial charge in [-0.1, -0.05) is 6.07 Å². The fourth-order valence-electron chi connectivity index (χ4n) is 2.56. The van der Waals surface area contributed by atoms with Gasteiger partial charge in [-0.15, -0.1) is 0 Å². The number of hydrogen-bond acceptors (Lipinski definition) is 2. The maximum absolute atomic E-state index is 13.3. The Kier molecular flexibility index (Phi) is 4.13. The van der Waals surface area contributed by atoms with Crippen molar-refractivity contribution in [1.82, 2.24) is 4.90 Å². The van der Waals surface area contributed by atoms with Crippen molar-refractivity contribution in [3.63, 3.8) is 0 Å². The van der Waals surface area contributed by atoms with Gasteiger partial charge in [0.15, 0.2) is 0 Å². The van der Waals surface area contributed by atoms with Crippen molar-refractivity contribution in [2.75, 3.05) is 33.4 Å². The Labute approximate surface area is 102 Å². The monoisotopic (exact) mass is 237 g/mol. The summed E-state index contributed by atoms with van der Waals surface area (Å²) in [4.78, 5) is 2.39. The molecule has 0 spiro atoms. The highest BCUT2D eigenvalue weighted by Crippen LogP contribution is 2.29. The highest BCUT2D eigenvalue weighted by molar-refractivity contribution is 5.31. The number of hydrogen-bond donors (Lipinski definition) is 0. The Bertz CT molecular complexity index is 380. The minimum absolute atomic E-state index is 0.124. The lowest BCUT2D eigenvalue weighted by molar-refractivity contribution is 0.160. The fraction of sp³-hybridized carbons (Fsp3) is 0.571. The van der Waals surface area contributed by atoms with Crippen molar-refractivity contribution in [2.24, 2.45) is 0 Å². The molecule has 0 saturated carbocycles. The molecule has 1 atom stereocenters. The van der Waals surface area contributed by atoms with E-state index in [9.17, 15) is 4.39 Å². The third kappa shape index (κ3) is 3.05. The van der Waals surface area contributed by atoms with E-state index >= 15 is 0 Å². The van der Waals surface area contributed by atoms with Crippen LogP contribution in [-0.2, 0) is 4.74 Å². The highest BCUT2D eigenvalue weighted by Gasteiger charge is 2.24. The minimum atomic E-state index is -0.124. The normalized spacial score (nSPS) is 21.0. The molecule has 1 heterocycles. The summed E-state index contributed by atoms with van der Waals surface area (Å²) in [6, 6.07) is 5.11. The van der Waals surface area contributed by atoms with Gasteiger partial charge < -0.3 is 9.64 Å². The van der Waals surface area contributed by atoms with Crippen molar-refractivity contribution in [3.05, 3.63) is 35.1 Å². The predicted molar refractivity (Wildman–Crippen MR) is 66.8 cm³/mol. The van der Waals surface area contributed by atoms with Crippen LogP contribution < -0.4 is 0 Å². The van der Waals surface area contributed by atoms with Crippen LogP contribution in [0.5, 0.6) is 0 Å². The van der Waals surface area contributed by atoms with Crippen LogP contribution in [0.3, 0.4) is 0 Å². The number of rotatable bonds is 4. The fourth-order valence-corrected chi connectivity index (χ4v) is 2.56. The van der Waals surface area contributed by atoms with Crippen LogP contribution in [0.1, 0.15) is 23.5 Å². The number of benzene rings is 1. The summed E-state index contributed by atoms with van der Waals surface area (Å²) in [5.74, 6) is 0.350. The first-order valence-electron chi connectivity index (χ1n) is 6.18. The van der Waals surface area contributed by atoms with Crippen molar-refractivity contribution >= 4 is 0 Å². The van der Waals surface area contributed by atoms with Crippen LogP contribution >= 0.6 is 0 Å². The van der Waals surface area contributed by atoms with E-state index in [1.165, 1.54) is 17.2 Å².